The highest BCUT2D eigenvalue weighted by Crippen LogP contribution is 2.37. The van der Waals surface area contributed by atoms with Crippen molar-refractivity contribution in [2.75, 3.05) is 5.32 Å². The van der Waals surface area contributed by atoms with Crippen molar-refractivity contribution in [2.24, 2.45) is 0 Å². The minimum absolute atomic E-state index is 0.220. The second kappa shape index (κ2) is 6.88. The summed E-state index contributed by atoms with van der Waals surface area (Å²) in [6.45, 7) is 6.30. The van der Waals surface area contributed by atoms with Crippen molar-refractivity contribution < 1.29 is 14.6 Å². The molecule has 1 saturated carbocycles. The number of rotatable bonds is 4. The molecule has 2 aromatic rings. The van der Waals surface area contributed by atoms with E-state index in [0.29, 0.717) is 5.82 Å². The Kier molecular flexibility index (Phi) is 4.81. The third kappa shape index (κ3) is 4.20. The Labute approximate surface area is 147 Å². The lowest BCUT2D eigenvalue weighted by Gasteiger charge is -2.30. The highest BCUT2D eigenvalue weighted by molar-refractivity contribution is 5.83. The maximum atomic E-state index is 12.2. The number of aromatic nitrogens is 2. The Morgan fingerprint density at radius 3 is 2.60 bits per heavy atom. The average Bonchev–Trinajstić information content (AvgIpc) is 2.94. The van der Waals surface area contributed by atoms with Gasteiger partial charge in [0.25, 0.3) is 0 Å². The minimum atomic E-state index is -0.505. The predicted octanol–water partition coefficient (Wildman–Crippen LogP) is 3.63. The van der Waals surface area contributed by atoms with Gasteiger partial charge in [-0.3, -0.25) is 5.32 Å². The monoisotopic (exact) mass is 343 g/mol. The van der Waals surface area contributed by atoms with Gasteiger partial charge in [-0.15, -0.1) is 0 Å². The summed E-state index contributed by atoms with van der Waals surface area (Å²) in [6.07, 6.45) is 0.699. The largest absolute Gasteiger partial charge is 0.444 e. The Morgan fingerprint density at radius 2 is 2.00 bits per heavy atom. The molecule has 6 heteroatoms. The van der Waals surface area contributed by atoms with Crippen LogP contribution in [0.3, 0.4) is 0 Å². The first-order valence-electron chi connectivity index (χ1n) is 8.59. The number of nitrogens with zero attached hydrogens (tertiary/aromatic N) is 2. The molecule has 1 heterocycles. The molecule has 1 aromatic heterocycles. The zero-order valence-electron chi connectivity index (χ0n) is 14.9. The van der Waals surface area contributed by atoms with E-state index in [0.717, 1.165) is 24.1 Å². The molecule has 3 rings (SSSR count). The van der Waals surface area contributed by atoms with E-state index in [4.69, 9.17) is 4.74 Å². The SMILES string of the molecule is CC(C)(C)n1nc(C2CC(O)C2)cc1NC(=O)OCc1ccccc1. The van der Waals surface area contributed by atoms with Gasteiger partial charge >= 0.3 is 6.09 Å². The number of carbonyl (C=O) groups excluding carboxylic acids is 1. The number of ether oxygens (including phenoxy) is 1. The van der Waals surface area contributed by atoms with E-state index in [-0.39, 0.29) is 24.2 Å². The van der Waals surface area contributed by atoms with Crippen molar-refractivity contribution in [1.82, 2.24) is 9.78 Å². The number of benzene rings is 1. The Bertz CT molecular complexity index is 728. The molecule has 0 saturated heterocycles. The lowest BCUT2D eigenvalue weighted by Crippen LogP contribution is -2.29. The lowest BCUT2D eigenvalue weighted by molar-refractivity contribution is 0.0728. The maximum absolute atomic E-state index is 12.2. The summed E-state index contributed by atoms with van der Waals surface area (Å²) in [5, 5.41) is 17.0. The van der Waals surface area contributed by atoms with E-state index in [1.54, 1.807) is 4.68 Å². The Balaban J connectivity index is 1.68. The molecule has 0 bridgehead atoms. The first-order chi connectivity index (χ1) is 11.8. The maximum Gasteiger partial charge on any atom is 0.413 e. The van der Waals surface area contributed by atoms with Crippen molar-refractivity contribution in [2.45, 2.75) is 57.8 Å². The van der Waals surface area contributed by atoms with Crippen molar-refractivity contribution in [1.29, 1.82) is 0 Å². The summed E-state index contributed by atoms with van der Waals surface area (Å²) in [5.74, 6) is 0.862. The van der Waals surface area contributed by atoms with E-state index in [9.17, 15) is 9.90 Å². The van der Waals surface area contributed by atoms with Crippen LogP contribution in [0.4, 0.5) is 10.6 Å². The van der Waals surface area contributed by atoms with Crippen molar-refractivity contribution in [3.8, 4) is 0 Å². The zero-order chi connectivity index (χ0) is 18.0. The van der Waals surface area contributed by atoms with Crippen LogP contribution in [0.1, 0.15) is 50.8 Å². The van der Waals surface area contributed by atoms with Gasteiger partial charge in [0, 0.05) is 12.0 Å². The second-order valence-electron chi connectivity index (χ2n) is 7.55. The molecule has 0 radical (unpaired) electrons. The predicted molar refractivity (Wildman–Crippen MR) is 95.5 cm³/mol. The van der Waals surface area contributed by atoms with E-state index in [1.807, 2.05) is 57.2 Å². The molecule has 1 fully saturated rings. The summed E-state index contributed by atoms with van der Waals surface area (Å²) in [5.41, 5.74) is 1.56. The molecule has 0 atom stereocenters. The molecular weight excluding hydrogens is 318 g/mol. The molecular formula is C19H25N3O3. The van der Waals surface area contributed by atoms with Crippen LogP contribution >= 0.6 is 0 Å². The van der Waals surface area contributed by atoms with Gasteiger partial charge in [-0.2, -0.15) is 5.10 Å². The lowest BCUT2D eigenvalue weighted by atomic mass is 9.80. The van der Waals surface area contributed by atoms with Crippen LogP contribution in [0, 0.1) is 0 Å². The number of hydrogen-bond donors (Lipinski definition) is 2. The van der Waals surface area contributed by atoms with Crippen LogP contribution in [0.5, 0.6) is 0 Å². The Morgan fingerprint density at radius 1 is 1.32 bits per heavy atom. The van der Waals surface area contributed by atoms with Crippen LogP contribution in [-0.4, -0.2) is 27.1 Å². The number of anilines is 1. The number of hydrogen-bond acceptors (Lipinski definition) is 4. The molecule has 0 spiro atoms. The van der Waals surface area contributed by atoms with Gasteiger partial charge in [0.15, 0.2) is 0 Å². The molecule has 2 N–H and O–H groups in total. The summed E-state index contributed by atoms with van der Waals surface area (Å²) < 4.78 is 7.10. The van der Waals surface area contributed by atoms with Gasteiger partial charge in [-0.05, 0) is 39.2 Å². The number of carbonyl (C=O) groups is 1. The third-order valence-corrected chi connectivity index (χ3v) is 4.34. The zero-order valence-corrected chi connectivity index (χ0v) is 14.9. The highest BCUT2D eigenvalue weighted by Gasteiger charge is 2.32. The van der Waals surface area contributed by atoms with Gasteiger partial charge in [0.2, 0.25) is 0 Å². The molecule has 25 heavy (non-hydrogen) atoms. The van der Waals surface area contributed by atoms with Crippen LogP contribution < -0.4 is 5.32 Å². The molecule has 1 aliphatic carbocycles. The molecule has 1 amide bonds. The standard InChI is InChI=1S/C19H25N3O3/c1-19(2,3)22-17(11-16(21-22)14-9-15(23)10-14)20-18(24)25-12-13-7-5-4-6-8-13/h4-8,11,14-15,23H,9-10,12H2,1-3H3,(H,20,24). The molecule has 1 aromatic carbocycles. The molecule has 0 aliphatic heterocycles. The number of nitrogens with one attached hydrogen (secondary N) is 1. The van der Waals surface area contributed by atoms with Gasteiger partial charge in [-0.25, -0.2) is 9.48 Å². The quantitative estimate of drug-likeness (QED) is 0.889. The van der Waals surface area contributed by atoms with Gasteiger partial charge in [-0.1, -0.05) is 30.3 Å². The summed E-state index contributed by atoms with van der Waals surface area (Å²) in [7, 11) is 0. The number of amides is 1. The molecule has 0 unspecified atom stereocenters. The molecule has 1 aliphatic rings. The summed E-state index contributed by atoms with van der Waals surface area (Å²) >= 11 is 0. The van der Waals surface area contributed by atoms with Gasteiger partial charge < -0.3 is 9.84 Å². The number of aliphatic hydroxyl groups is 1. The smallest absolute Gasteiger partial charge is 0.413 e. The fourth-order valence-corrected chi connectivity index (χ4v) is 2.89. The fraction of sp³-hybridized carbons (Fsp3) is 0.474. The van der Waals surface area contributed by atoms with E-state index in [1.165, 1.54) is 0 Å². The fourth-order valence-electron chi connectivity index (χ4n) is 2.89. The summed E-state index contributed by atoms with van der Waals surface area (Å²) in [6, 6.07) is 11.4. The van der Waals surface area contributed by atoms with Crippen LogP contribution in [0.2, 0.25) is 0 Å². The Hall–Kier alpha value is -2.34. The van der Waals surface area contributed by atoms with Crippen LogP contribution in [0.25, 0.3) is 0 Å². The van der Waals surface area contributed by atoms with Gasteiger partial charge in [0.05, 0.1) is 17.3 Å². The summed E-state index contributed by atoms with van der Waals surface area (Å²) in [4.78, 5) is 12.2. The van der Waals surface area contributed by atoms with Crippen molar-refractivity contribution >= 4 is 11.9 Å². The van der Waals surface area contributed by atoms with Crippen LogP contribution in [-0.2, 0) is 16.9 Å². The minimum Gasteiger partial charge on any atom is -0.444 e. The van der Waals surface area contributed by atoms with Gasteiger partial charge in [0.1, 0.15) is 12.4 Å². The van der Waals surface area contributed by atoms with E-state index in [2.05, 4.69) is 10.4 Å². The normalized spacial score (nSPS) is 20.0. The van der Waals surface area contributed by atoms with Crippen molar-refractivity contribution in [3.63, 3.8) is 0 Å². The third-order valence-electron chi connectivity index (χ3n) is 4.34. The molecule has 134 valence electrons. The number of aliphatic hydroxyl groups excluding tert-OH is 1. The van der Waals surface area contributed by atoms with Crippen LogP contribution in [0.15, 0.2) is 36.4 Å². The first kappa shape index (κ1) is 17.5. The highest BCUT2D eigenvalue weighted by atomic mass is 16.5. The topological polar surface area (TPSA) is 76.4 Å². The molecule has 6 nitrogen and oxygen atoms in total. The van der Waals surface area contributed by atoms with E-state index >= 15 is 0 Å². The van der Waals surface area contributed by atoms with Crippen molar-refractivity contribution in [3.05, 3.63) is 47.7 Å². The van der Waals surface area contributed by atoms with E-state index < -0.39 is 6.09 Å². The first-order valence-corrected chi connectivity index (χ1v) is 8.59. The second-order valence-corrected chi connectivity index (χ2v) is 7.55. The average molecular weight is 343 g/mol.